The van der Waals surface area contributed by atoms with Crippen LogP contribution in [0.25, 0.3) is 0 Å². The summed E-state index contributed by atoms with van der Waals surface area (Å²) in [5, 5.41) is 3.58. The normalized spacial score (nSPS) is 12.6. The molecule has 1 rings (SSSR count). The minimum absolute atomic E-state index is 0.718. The van der Waals surface area contributed by atoms with E-state index in [4.69, 9.17) is 0 Å². The van der Waals surface area contributed by atoms with Gasteiger partial charge in [-0.05, 0) is 44.7 Å². The zero-order valence-corrected chi connectivity index (χ0v) is 11.6. The van der Waals surface area contributed by atoms with Crippen LogP contribution >= 0.6 is 0 Å². The summed E-state index contributed by atoms with van der Waals surface area (Å²) in [5.41, 5.74) is 2.83. The number of aryl methyl sites for hydroxylation is 2. The fourth-order valence-corrected chi connectivity index (χ4v) is 2.29. The van der Waals surface area contributed by atoms with E-state index in [1.165, 1.54) is 43.2 Å². The lowest BCUT2D eigenvalue weighted by Crippen LogP contribution is -2.28. The van der Waals surface area contributed by atoms with Crippen molar-refractivity contribution < 1.29 is 0 Å². The van der Waals surface area contributed by atoms with Gasteiger partial charge in [-0.2, -0.15) is 0 Å². The average Bonchev–Trinajstić information content (AvgIpc) is 2.32. The molecule has 0 amide bonds. The minimum atomic E-state index is 0.718. The van der Waals surface area contributed by atoms with E-state index in [2.05, 4.69) is 50.4 Å². The Labute approximate surface area is 107 Å². The van der Waals surface area contributed by atoms with Gasteiger partial charge in [0.05, 0.1) is 0 Å². The maximum atomic E-state index is 3.58. The summed E-state index contributed by atoms with van der Waals surface area (Å²) in [6.07, 6.45) is 6.39. The van der Waals surface area contributed by atoms with Crippen LogP contribution in [0.15, 0.2) is 24.3 Å². The highest BCUT2D eigenvalue weighted by atomic mass is 14.9. The molecule has 0 aliphatic heterocycles. The van der Waals surface area contributed by atoms with Crippen molar-refractivity contribution in [1.82, 2.24) is 5.32 Å². The van der Waals surface area contributed by atoms with Gasteiger partial charge in [0, 0.05) is 6.04 Å². The van der Waals surface area contributed by atoms with Crippen LogP contribution in [0.4, 0.5) is 0 Å². The molecule has 0 aliphatic carbocycles. The maximum absolute atomic E-state index is 3.58. The molecule has 0 bridgehead atoms. The Hall–Kier alpha value is -0.820. The van der Waals surface area contributed by atoms with Gasteiger partial charge in [0.25, 0.3) is 0 Å². The van der Waals surface area contributed by atoms with Gasteiger partial charge in [0.2, 0.25) is 0 Å². The Morgan fingerprint density at radius 3 is 2.35 bits per heavy atom. The number of benzene rings is 1. The van der Waals surface area contributed by atoms with Gasteiger partial charge < -0.3 is 5.32 Å². The highest BCUT2D eigenvalue weighted by molar-refractivity contribution is 5.21. The van der Waals surface area contributed by atoms with Crippen molar-refractivity contribution in [2.45, 2.75) is 58.9 Å². The van der Waals surface area contributed by atoms with Gasteiger partial charge >= 0.3 is 0 Å². The molecule has 0 saturated heterocycles. The smallest absolute Gasteiger partial charge is 0.00669 e. The van der Waals surface area contributed by atoms with Gasteiger partial charge in [0.15, 0.2) is 0 Å². The van der Waals surface area contributed by atoms with E-state index in [-0.39, 0.29) is 0 Å². The quantitative estimate of drug-likeness (QED) is 0.713. The van der Waals surface area contributed by atoms with Crippen LogP contribution in [0.1, 0.15) is 50.7 Å². The highest BCUT2D eigenvalue weighted by Gasteiger charge is 2.05. The first-order chi connectivity index (χ1) is 8.26. The molecule has 0 radical (unpaired) electrons. The summed E-state index contributed by atoms with van der Waals surface area (Å²) in [7, 11) is 0. The summed E-state index contributed by atoms with van der Waals surface area (Å²) in [6.45, 7) is 7.70. The summed E-state index contributed by atoms with van der Waals surface area (Å²) >= 11 is 0. The van der Waals surface area contributed by atoms with Crippen molar-refractivity contribution in [2.75, 3.05) is 6.54 Å². The van der Waals surface area contributed by atoms with Crippen LogP contribution in [-0.4, -0.2) is 12.6 Å². The van der Waals surface area contributed by atoms with E-state index in [9.17, 15) is 0 Å². The molecule has 0 saturated carbocycles. The van der Waals surface area contributed by atoms with Gasteiger partial charge in [-0.1, -0.05) is 50.1 Å². The number of rotatable bonds is 8. The zero-order chi connectivity index (χ0) is 12.5. The molecule has 1 heteroatoms. The standard InChI is InChI=1S/C16H27N/c1-4-7-16(17-5-2)9-6-8-15-12-10-14(3)11-13-15/h10-13,16-17H,4-9H2,1-3H3. The summed E-state index contributed by atoms with van der Waals surface area (Å²) in [4.78, 5) is 0. The van der Waals surface area contributed by atoms with Crippen LogP contribution in [0.2, 0.25) is 0 Å². The van der Waals surface area contributed by atoms with E-state index in [0.29, 0.717) is 0 Å². The molecule has 1 unspecified atom stereocenters. The van der Waals surface area contributed by atoms with Crippen LogP contribution in [0.3, 0.4) is 0 Å². The second-order valence-electron chi connectivity index (χ2n) is 4.92. The van der Waals surface area contributed by atoms with Crippen molar-refractivity contribution in [2.24, 2.45) is 0 Å². The lowest BCUT2D eigenvalue weighted by Gasteiger charge is -2.16. The van der Waals surface area contributed by atoms with E-state index >= 15 is 0 Å². The Morgan fingerprint density at radius 2 is 1.76 bits per heavy atom. The predicted molar refractivity (Wildman–Crippen MR) is 76.5 cm³/mol. The van der Waals surface area contributed by atoms with Gasteiger partial charge in [-0.25, -0.2) is 0 Å². The predicted octanol–water partition coefficient (Wildman–Crippen LogP) is 4.10. The first-order valence-electron chi connectivity index (χ1n) is 7.05. The Balaban J connectivity index is 2.27. The second kappa shape index (κ2) is 8.30. The Morgan fingerprint density at radius 1 is 1.06 bits per heavy atom. The Bertz CT molecular complexity index is 283. The average molecular weight is 233 g/mol. The summed E-state index contributed by atoms with van der Waals surface area (Å²) in [5.74, 6) is 0. The van der Waals surface area contributed by atoms with Crippen molar-refractivity contribution in [1.29, 1.82) is 0 Å². The van der Waals surface area contributed by atoms with Gasteiger partial charge in [0.1, 0.15) is 0 Å². The molecule has 0 fully saturated rings. The molecule has 1 aromatic carbocycles. The van der Waals surface area contributed by atoms with Crippen molar-refractivity contribution in [3.05, 3.63) is 35.4 Å². The van der Waals surface area contributed by atoms with Crippen molar-refractivity contribution in [3.63, 3.8) is 0 Å². The van der Waals surface area contributed by atoms with Crippen LogP contribution in [-0.2, 0) is 6.42 Å². The Kier molecular flexibility index (Phi) is 6.95. The molecule has 1 nitrogen and oxygen atoms in total. The van der Waals surface area contributed by atoms with E-state index in [1.54, 1.807) is 0 Å². The lowest BCUT2D eigenvalue weighted by molar-refractivity contribution is 0.447. The topological polar surface area (TPSA) is 12.0 Å². The molecule has 96 valence electrons. The third-order valence-electron chi connectivity index (χ3n) is 3.27. The first kappa shape index (κ1) is 14.2. The number of nitrogens with one attached hydrogen (secondary N) is 1. The molecule has 17 heavy (non-hydrogen) atoms. The summed E-state index contributed by atoms with van der Waals surface area (Å²) in [6, 6.07) is 9.66. The maximum Gasteiger partial charge on any atom is 0.00669 e. The minimum Gasteiger partial charge on any atom is -0.314 e. The van der Waals surface area contributed by atoms with Crippen LogP contribution in [0.5, 0.6) is 0 Å². The second-order valence-corrected chi connectivity index (χ2v) is 4.92. The van der Waals surface area contributed by atoms with Gasteiger partial charge in [-0.3, -0.25) is 0 Å². The van der Waals surface area contributed by atoms with E-state index < -0.39 is 0 Å². The molecule has 1 atom stereocenters. The van der Waals surface area contributed by atoms with E-state index in [1.807, 2.05) is 0 Å². The molecular formula is C16H27N. The molecule has 0 aliphatic rings. The summed E-state index contributed by atoms with van der Waals surface area (Å²) < 4.78 is 0. The first-order valence-corrected chi connectivity index (χ1v) is 7.05. The molecule has 0 heterocycles. The molecule has 1 aromatic rings. The van der Waals surface area contributed by atoms with Crippen LogP contribution in [0, 0.1) is 6.92 Å². The van der Waals surface area contributed by atoms with Crippen LogP contribution < -0.4 is 5.32 Å². The lowest BCUT2D eigenvalue weighted by atomic mass is 10.0. The van der Waals surface area contributed by atoms with Crippen molar-refractivity contribution in [3.8, 4) is 0 Å². The van der Waals surface area contributed by atoms with E-state index in [0.717, 1.165) is 12.6 Å². The number of hydrogen-bond donors (Lipinski definition) is 1. The highest BCUT2D eigenvalue weighted by Crippen LogP contribution is 2.10. The largest absolute Gasteiger partial charge is 0.314 e. The SMILES string of the molecule is CCCC(CCCc1ccc(C)cc1)NCC. The molecule has 0 aromatic heterocycles. The fourth-order valence-electron chi connectivity index (χ4n) is 2.29. The van der Waals surface area contributed by atoms with Crippen molar-refractivity contribution >= 4 is 0 Å². The number of hydrogen-bond acceptors (Lipinski definition) is 1. The zero-order valence-electron chi connectivity index (χ0n) is 11.6. The third kappa shape index (κ3) is 5.88. The monoisotopic (exact) mass is 233 g/mol. The molecule has 1 N–H and O–H groups in total. The molecular weight excluding hydrogens is 206 g/mol. The molecule has 0 spiro atoms. The van der Waals surface area contributed by atoms with Gasteiger partial charge in [-0.15, -0.1) is 0 Å². The third-order valence-corrected chi connectivity index (χ3v) is 3.27. The fraction of sp³-hybridized carbons (Fsp3) is 0.625.